The van der Waals surface area contributed by atoms with Crippen LogP contribution in [-0.2, 0) is 0 Å². The molecule has 1 aromatic rings. The lowest BCUT2D eigenvalue weighted by Crippen LogP contribution is -2.03. The Morgan fingerprint density at radius 1 is 1.60 bits per heavy atom. The van der Waals surface area contributed by atoms with Crippen LogP contribution >= 0.6 is 0 Å². The van der Waals surface area contributed by atoms with Gasteiger partial charge >= 0.3 is 0 Å². The van der Waals surface area contributed by atoms with Crippen molar-refractivity contribution >= 4 is 13.3 Å². The van der Waals surface area contributed by atoms with Crippen LogP contribution in [0.3, 0.4) is 0 Å². The van der Waals surface area contributed by atoms with Gasteiger partial charge in [0.1, 0.15) is 7.85 Å². The van der Waals surface area contributed by atoms with Crippen LogP contribution in [-0.4, -0.2) is 19.4 Å². The SMILES string of the molecule is Bc1ccc(OCC)nc1. The van der Waals surface area contributed by atoms with Gasteiger partial charge in [-0.05, 0) is 13.0 Å². The largest absolute Gasteiger partial charge is 0.478 e. The molecule has 0 aliphatic carbocycles. The molecule has 10 heavy (non-hydrogen) atoms. The van der Waals surface area contributed by atoms with E-state index in [1.807, 2.05) is 26.9 Å². The minimum absolute atomic E-state index is 0.677. The van der Waals surface area contributed by atoms with Gasteiger partial charge in [-0.1, -0.05) is 11.5 Å². The predicted octanol–water partition coefficient (Wildman–Crippen LogP) is -0.261. The molecule has 0 atom stereocenters. The Hall–Kier alpha value is -0.985. The van der Waals surface area contributed by atoms with Gasteiger partial charge in [0.2, 0.25) is 5.88 Å². The number of hydrogen-bond acceptors (Lipinski definition) is 2. The van der Waals surface area contributed by atoms with Crippen molar-refractivity contribution in [2.75, 3.05) is 6.61 Å². The summed E-state index contributed by atoms with van der Waals surface area (Å²) in [6, 6.07) is 3.86. The highest BCUT2D eigenvalue weighted by molar-refractivity contribution is 6.32. The highest BCUT2D eigenvalue weighted by Gasteiger charge is 1.89. The minimum Gasteiger partial charge on any atom is -0.478 e. The summed E-state index contributed by atoms with van der Waals surface area (Å²) in [6.45, 7) is 2.62. The first kappa shape index (κ1) is 7.13. The molecule has 3 heteroatoms. The molecule has 0 aliphatic rings. The summed E-state index contributed by atoms with van der Waals surface area (Å²) in [4.78, 5) is 4.05. The lowest BCUT2D eigenvalue weighted by molar-refractivity contribution is 0.327. The van der Waals surface area contributed by atoms with Crippen LogP contribution in [0.2, 0.25) is 0 Å². The quantitative estimate of drug-likeness (QED) is 0.521. The number of ether oxygens (including phenoxy) is 1. The molecule has 0 aromatic carbocycles. The van der Waals surface area contributed by atoms with Gasteiger partial charge in [0, 0.05) is 6.20 Å². The van der Waals surface area contributed by atoms with E-state index in [0.29, 0.717) is 12.5 Å². The van der Waals surface area contributed by atoms with Crippen LogP contribution in [0.5, 0.6) is 5.88 Å². The minimum atomic E-state index is 0.677. The van der Waals surface area contributed by atoms with Gasteiger partial charge in [-0.3, -0.25) is 0 Å². The van der Waals surface area contributed by atoms with Crippen LogP contribution < -0.4 is 10.2 Å². The summed E-state index contributed by atoms with van der Waals surface area (Å²) >= 11 is 0. The van der Waals surface area contributed by atoms with Crippen LogP contribution in [0.1, 0.15) is 6.92 Å². The predicted molar refractivity (Wildman–Crippen MR) is 43.6 cm³/mol. The van der Waals surface area contributed by atoms with Crippen LogP contribution in [0.15, 0.2) is 18.3 Å². The molecule has 52 valence electrons. The Morgan fingerprint density at radius 3 is 2.90 bits per heavy atom. The molecule has 0 unspecified atom stereocenters. The molecule has 0 saturated carbocycles. The fourth-order valence-corrected chi connectivity index (χ4v) is 0.688. The Kier molecular flexibility index (Phi) is 2.32. The van der Waals surface area contributed by atoms with Crippen LogP contribution in [0.4, 0.5) is 0 Å². The molecule has 2 nitrogen and oxygen atoms in total. The van der Waals surface area contributed by atoms with Gasteiger partial charge in [0.25, 0.3) is 0 Å². The standard InChI is InChI=1S/C7H10BNO/c1-2-10-7-4-3-6(8)5-9-7/h3-5H,2,8H2,1H3. The Balaban J connectivity index is 2.69. The second kappa shape index (κ2) is 3.25. The van der Waals surface area contributed by atoms with Crippen molar-refractivity contribution in [3.8, 4) is 5.88 Å². The molecule has 0 radical (unpaired) electrons. The summed E-state index contributed by atoms with van der Waals surface area (Å²) < 4.78 is 5.15. The maximum Gasteiger partial charge on any atom is 0.213 e. The van der Waals surface area contributed by atoms with E-state index in [-0.39, 0.29) is 0 Å². The second-order valence-corrected chi connectivity index (χ2v) is 2.11. The first-order valence-electron chi connectivity index (χ1n) is 3.38. The van der Waals surface area contributed by atoms with E-state index in [0.717, 1.165) is 5.46 Å². The lowest BCUT2D eigenvalue weighted by Gasteiger charge is -1.99. The maximum atomic E-state index is 5.15. The maximum absolute atomic E-state index is 5.15. The molecule has 1 rings (SSSR count). The van der Waals surface area contributed by atoms with Crippen LogP contribution in [0.25, 0.3) is 0 Å². The number of nitrogens with zero attached hydrogens (tertiary/aromatic N) is 1. The molecule has 0 spiro atoms. The van der Waals surface area contributed by atoms with Crippen molar-refractivity contribution in [2.45, 2.75) is 6.92 Å². The zero-order chi connectivity index (χ0) is 7.40. The zero-order valence-electron chi connectivity index (χ0n) is 6.29. The average molecular weight is 135 g/mol. The Morgan fingerprint density at radius 2 is 2.40 bits per heavy atom. The molecule has 0 bridgehead atoms. The fourth-order valence-electron chi connectivity index (χ4n) is 0.688. The van der Waals surface area contributed by atoms with Crippen molar-refractivity contribution in [2.24, 2.45) is 0 Å². The topological polar surface area (TPSA) is 22.1 Å². The highest BCUT2D eigenvalue weighted by atomic mass is 16.5. The van der Waals surface area contributed by atoms with E-state index < -0.39 is 0 Å². The second-order valence-electron chi connectivity index (χ2n) is 2.11. The van der Waals surface area contributed by atoms with E-state index in [9.17, 15) is 0 Å². The molecule has 0 N–H and O–H groups in total. The van der Waals surface area contributed by atoms with Gasteiger partial charge in [-0.2, -0.15) is 0 Å². The molecular weight excluding hydrogens is 125 g/mol. The third-order valence-corrected chi connectivity index (χ3v) is 1.18. The van der Waals surface area contributed by atoms with Crippen molar-refractivity contribution < 1.29 is 4.74 Å². The van der Waals surface area contributed by atoms with E-state index in [1.54, 1.807) is 6.20 Å². The summed E-state index contributed by atoms with van der Waals surface area (Å²) in [5.41, 5.74) is 1.16. The van der Waals surface area contributed by atoms with Crippen LogP contribution in [0, 0.1) is 0 Å². The third kappa shape index (κ3) is 1.76. The normalized spacial score (nSPS) is 9.30. The average Bonchev–Trinajstić information content (AvgIpc) is 1.95. The van der Waals surface area contributed by atoms with Gasteiger partial charge < -0.3 is 4.74 Å². The number of pyridine rings is 1. The molecule has 0 fully saturated rings. The van der Waals surface area contributed by atoms with Crippen molar-refractivity contribution in [3.05, 3.63) is 18.3 Å². The third-order valence-electron chi connectivity index (χ3n) is 1.18. The summed E-state index contributed by atoms with van der Waals surface area (Å²) in [5.74, 6) is 0.702. The van der Waals surface area contributed by atoms with E-state index in [1.165, 1.54) is 0 Å². The highest BCUT2D eigenvalue weighted by Crippen LogP contribution is 2.00. The zero-order valence-corrected chi connectivity index (χ0v) is 6.29. The van der Waals surface area contributed by atoms with Gasteiger partial charge in [-0.15, -0.1) is 0 Å². The first-order chi connectivity index (χ1) is 4.83. The smallest absolute Gasteiger partial charge is 0.213 e. The summed E-state index contributed by atoms with van der Waals surface area (Å²) in [7, 11) is 2.00. The van der Waals surface area contributed by atoms with E-state index in [2.05, 4.69) is 4.98 Å². The molecular formula is C7H10BNO. The Labute approximate surface area is 61.6 Å². The molecule has 0 aliphatic heterocycles. The van der Waals surface area contributed by atoms with E-state index in [4.69, 9.17) is 4.74 Å². The van der Waals surface area contributed by atoms with Crippen molar-refractivity contribution in [3.63, 3.8) is 0 Å². The van der Waals surface area contributed by atoms with Gasteiger partial charge in [0.15, 0.2) is 0 Å². The van der Waals surface area contributed by atoms with Gasteiger partial charge in [0.05, 0.1) is 6.61 Å². The van der Waals surface area contributed by atoms with E-state index >= 15 is 0 Å². The molecule has 0 saturated heterocycles. The first-order valence-corrected chi connectivity index (χ1v) is 3.38. The van der Waals surface area contributed by atoms with Crippen molar-refractivity contribution in [1.29, 1.82) is 0 Å². The lowest BCUT2D eigenvalue weighted by atomic mass is 9.99. The van der Waals surface area contributed by atoms with Gasteiger partial charge in [-0.25, -0.2) is 4.98 Å². The fraction of sp³-hybridized carbons (Fsp3) is 0.286. The molecule has 0 amide bonds. The number of rotatable bonds is 2. The molecule has 1 heterocycles. The van der Waals surface area contributed by atoms with Crippen molar-refractivity contribution in [1.82, 2.24) is 4.98 Å². The Bertz CT molecular complexity index is 197. The number of hydrogen-bond donors (Lipinski definition) is 0. The number of aromatic nitrogens is 1. The summed E-state index contributed by atoms with van der Waals surface area (Å²) in [5, 5.41) is 0. The summed E-state index contributed by atoms with van der Waals surface area (Å²) in [6.07, 6.45) is 1.80. The monoisotopic (exact) mass is 135 g/mol. The molecule has 1 aromatic heterocycles.